The van der Waals surface area contributed by atoms with Crippen molar-refractivity contribution in [1.82, 2.24) is 0 Å². The molecule has 0 saturated heterocycles. The molecule has 0 amide bonds. The Kier molecular flexibility index (Phi) is 5.41. The minimum Gasteiger partial charge on any atom is -0.395 e. The molecule has 2 aromatic rings. The van der Waals surface area contributed by atoms with Gasteiger partial charge in [-0.15, -0.1) is 0 Å². The third-order valence-corrected chi connectivity index (χ3v) is 3.44. The molecule has 2 rings (SSSR count). The van der Waals surface area contributed by atoms with Gasteiger partial charge in [-0.25, -0.2) is 0 Å². The maximum absolute atomic E-state index is 8.94. The van der Waals surface area contributed by atoms with E-state index in [-0.39, 0.29) is 6.61 Å². The largest absolute Gasteiger partial charge is 0.395 e. The number of aliphatic hydroxyl groups excluding tert-OH is 1. The number of hydrogen-bond acceptors (Lipinski definition) is 3. The number of rotatable bonds is 6. The van der Waals surface area contributed by atoms with Crippen LogP contribution in [0.25, 0.3) is 12.2 Å². The van der Waals surface area contributed by atoms with Crippen molar-refractivity contribution in [1.29, 1.82) is 0 Å². The standard InChI is InChI=1S/C18H22N2O/c1-19-17-9-5-15(6-10-17)3-4-16-7-11-18(12-8-16)20(2)13-14-21/h3-12,19,21H,13-14H2,1-2H3. The Morgan fingerprint density at radius 3 is 1.95 bits per heavy atom. The van der Waals surface area contributed by atoms with Gasteiger partial charge < -0.3 is 15.3 Å². The summed E-state index contributed by atoms with van der Waals surface area (Å²) in [6, 6.07) is 16.6. The van der Waals surface area contributed by atoms with Gasteiger partial charge in [0.15, 0.2) is 0 Å². The van der Waals surface area contributed by atoms with Crippen molar-refractivity contribution < 1.29 is 5.11 Å². The molecule has 0 heterocycles. The van der Waals surface area contributed by atoms with Crippen LogP contribution in [0.2, 0.25) is 0 Å². The molecule has 3 nitrogen and oxygen atoms in total. The van der Waals surface area contributed by atoms with Gasteiger partial charge in [0.05, 0.1) is 6.61 Å². The SMILES string of the molecule is CNc1ccc(C=Cc2ccc(N(C)CCO)cc2)cc1. The lowest BCUT2D eigenvalue weighted by molar-refractivity contribution is 0.304. The first-order valence-electron chi connectivity index (χ1n) is 7.11. The van der Waals surface area contributed by atoms with E-state index in [4.69, 9.17) is 5.11 Å². The maximum atomic E-state index is 8.94. The van der Waals surface area contributed by atoms with Crippen LogP contribution < -0.4 is 10.2 Å². The zero-order chi connectivity index (χ0) is 15.1. The van der Waals surface area contributed by atoms with E-state index < -0.39 is 0 Å². The average Bonchev–Trinajstić information content (AvgIpc) is 2.54. The highest BCUT2D eigenvalue weighted by atomic mass is 16.3. The summed E-state index contributed by atoms with van der Waals surface area (Å²) in [6.45, 7) is 0.813. The van der Waals surface area contributed by atoms with Crippen LogP contribution in [0.15, 0.2) is 48.5 Å². The fourth-order valence-electron chi connectivity index (χ4n) is 2.07. The van der Waals surface area contributed by atoms with Crippen LogP contribution in [0.1, 0.15) is 11.1 Å². The molecule has 3 heteroatoms. The molecule has 0 unspecified atom stereocenters. The summed E-state index contributed by atoms with van der Waals surface area (Å²) in [5, 5.41) is 12.1. The van der Waals surface area contributed by atoms with Gasteiger partial charge in [0.25, 0.3) is 0 Å². The molecule has 0 spiro atoms. The molecule has 110 valence electrons. The summed E-state index contributed by atoms with van der Waals surface area (Å²) in [6.07, 6.45) is 4.20. The third kappa shape index (κ3) is 4.36. The van der Waals surface area contributed by atoms with Crippen LogP contribution in [-0.4, -0.2) is 32.4 Å². The zero-order valence-electron chi connectivity index (χ0n) is 12.6. The van der Waals surface area contributed by atoms with Crippen molar-refractivity contribution in [2.24, 2.45) is 0 Å². The Morgan fingerprint density at radius 1 is 0.952 bits per heavy atom. The molecule has 0 bridgehead atoms. The summed E-state index contributed by atoms with van der Waals surface area (Å²) in [7, 11) is 3.89. The molecular formula is C18H22N2O. The van der Waals surface area contributed by atoms with E-state index in [9.17, 15) is 0 Å². The van der Waals surface area contributed by atoms with Crippen LogP contribution in [0.4, 0.5) is 11.4 Å². The van der Waals surface area contributed by atoms with Crippen LogP contribution in [0, 0.1) is 0 Å². The number of nitrogens with one attached hydrogen (secondary N) is 1. The van der Waals surface area contributed by atoms with Crippen LogP contribution >= 0.6 is 0 Å². The van der Waals surface area contributed by atoms with Crippen molar-refractivity contribution in [2.75, 3.05) is 37.5 Å². The van der Waals surface area contributed by atoms with Gasteiger partial charge in [0.1, 0.15) is 0 Å². The lowest BCUT2D eigenvalue weighted by Crippen LogP contribution is -2.20. The summed E-state index contributed by atoms with van der Waals surface area (Å²) in [5.74, 6) is 0. The molecule has 21 heavy (non-hydrogen) atoms. The predicted molar refractivity (Wildman–Crippen MR) is 91.7 cm³/mol. The van der Waals surface area contributed by atoms with Crippen molar-refractivity contribution >= 4 is 23.5 Å². The van der Waals surface area contributed by atoms with E-state index in [2.05, 4.69) is 66.0 Å². The third-order valence-electron chi connectivity index (χ3n) is 3.44. The van der Waals surface area contributed by atoms with Gasteiger partial charge >= 0.3 is 0 Å². The molecule has 0 aromatic heterocycles. The molecule has 0 aliphatic rings. The molecule has 0 radical (unpaired) electrons. The number of aliphatic hydroxyl groups is 1. The number of likely N-dealkylation sites (N-methyl/N-ethyl adjacent to an activating group) is 1. The minimum absolute atomic E-state index is 0.167. The molecule has 2 aromatic carbocycles. The summed E-state index contributed by atoms with van der Waals surface area (Å²) in [5.41, 5.74) is 4.56. The normalized spacial score (nSPS) is 10.8. The Labute approximate surface area is 126 Å². The van der Waals surface area contributed by atoms with Gasteiger partial charge in [-0.3, -0.25) is 0 Å². The van der Waals surface area contributed by atoms with Gasteiger partial charge in [-0.1, -0.05) is 36.4 Å². The molecule has 0 aliphatic carbocycles. The quantitative estimate of drug-likeness (QED) is 0.798. The van der Waals surface area contributed by atoms with E-state index in [1.165, 1.54) is 5.56 Å². The van der Waals surface area contributed by atoms with Crippen LogP contribution in [0.3, 0.4) is 0 Å². The van der Waals surface area contributed by atoms with E-state index in [1.807, 2.05) is 19.0 Å². The van der Waals surface area contributed by atoms with Crippen LogP contribution in [-0.2, 0) is 0 Å². The van der Waals surface area contributed by atoms with Crippen molar-refractivity contribution in [2.45, 2.75) is 0 Å². The second-order valence-electron chi connectivity index (χ2n) is 4.94. The van der Waals surface area contributed by atoms with E-state index in [1.54, 1.807) is 0 Å². The van der Waals surface area contributed by atoms with Gasteiger partial charge in [0, 0.05) is 32.0 Å². The highest BCUT2D eigenvalue weighted by molar-refractivity contribution is 5.71. The Morgan fingerprint density at radius 2 is 1.48 bits per heavy atom. The summed E-state index contributed by atoms with van der Waals surface area (Å²) in [4.78, 5) is 2.03. The highest BCUT2D eigenvalue weighted by Gasteiger charge is 1.98. The van der Waals surface area contributed by atoms with Crippen LogP contribution in [0.5, 0.6) is 0 Å². The number of anilines is 2. The molecular weight excluding hydrogens is 260 g/mol. The zero-order valence-corrected chi connectivity index (χ0v) is 12.6. The Balaban J connectivity index is 2.03. The van der Waals surface area contributed by atoms with E-state index in [0.717, 1.165) is 16.9 Å². The predicted octanol–water partition coefficient (Wildman–Crippen LogP) is 3.33. The number of nitrogens with zero attached hydrogens (tertiary/aromatic N) is 1. The fraction of sp³-hybridized carbons (Fsp3) is 0.222. The monoisotopic (exact) mass is 282 g/mol. The second-order valence-corrected chi connectivity index (χ2v) is 4.94. The Hall–Kier alpha value is -2.26. The lowest BCUT2D eigenvalue weighted by atomic mass is 10.1. The summed E-state index contributed by atoms with van der Waals surface area (Å²) >= 11 is 0. The van der Waals surface area contributed by atoms with Crippen molar-refractivity contribution in [3.05, 3.63) is 59.7 Å². The molecule has 0 fully saturated rings. The first kappa shape index (κ1) is 15.1. The fourth-order valence-corrected chi connectivity index (χ4v) is 2.07. The summed E-state index contributed by atoms with van der Waals surface area (Å²) < 4.78 is 0. The lowest BCUT2D eigenvalue weighted by Gasteiger charge is -2.17. The van der Waals surface area contributed by atoms with Gasteiger partial charge in [0.2, 0.25) is 0 Å². The van der Waals surface area contributed by atoms with E-state index in [0.29, 0.717) is 6.54 Å². The first-order valence-corrected chi connectivity index (χ1v) is 7.11. The van der Waals surface area contributed by atoms with Crippen molar-refractivity contribution in [3.8, 4) is 0 Å². The Bertz CT molecular complexity index is 573. The smallest absolute Gasteiger partial charge is 0.0606 e. The topological polar surface area (TPSA) is 35.5 Å². The molecule has 2 N–H and O–H groups in total. The van der Waals surface area contributed by atoms with Gasteiger partial charge in [-0.2, -0.15) is 0 Å². The maximum Gasteiger partial charge on any atom is 0.0606 e. The number of hydrogen-bond donors (Lipinski definition) is 2. The minimum atomic E-state index is 0.167. The molecule has 0 atom stereocenters. The molecule has 0 saturated carbocycles. The highest BCUT2D eigenvalue weighted by Crippen LogP contribution is 2.16. The second kappa shape index (κ2) is 7.50. The van der Waals surface area contributed by atoms with Crippen molar-refractivity contribution in [3.63, 3.8) is 0 Å². The number of benzene rings is 2. The first-order chi connectivity index (χ1) is 10.2. The molecule has 0 aliphatic heterocycles. The average molecular weight is 282 g/mol. The van der Waals surface area contributed by atoms with E-state index >= 15 is 0 Å². The van der Waals surface area contributed by atoms with Gasteiger partial charge in [-0.05, 0) is 35.4 Å².